The molecule has 100 valence electrons. The average Bonchev–Trinajstić information content (AvgIpc) is 2.30. The molecule has 0 fully saturated rings. The van der Waals surface area contributed by atoms with Crippen molar-refractivity contribution in [3.8, 4) is 0 Å². The van der Waals surface area contributed by atoms with Crippen LogP contribution in [0.2, 0.25) is 0 Å². The van der Waals surface area contributed by atoms with Gasteiger partial charge in [0.1, 0.15) is 0 Å². The fourth-order valence-corrected chi connectivity index (χ4v) is 1.20. The Kier molecular flexibility index (Phi) is 8.40. The molecule has 5 heteroatoms. The number of ether oxygens (including phenoxy) is 1. The van der Waals surface area contributed by atoms with E-state index in [1.165, 1.54) is 7.11 Å². The summed E-state index contributed by atoms with van der Waals surface area (Å²) >= 11 is 0. The number of rotatable bonds is 8. The van der Waals surface area contributed by atoms with Crippen LogP contribution in [0.5, 0.6) is 0 Å². The molecule has 0 aromatic carbocycles. The van der Waals surface area contributed by atoms with E-state index in [-0.39, 0.29) is 17.9 Å². The first kappa shape index (κ1) is 15.9. The van der Waals surface area contributed by atoms with Gasteiger partial charge in [0.25, 0.3) is 0 Å². The molecule has 0 aliphatic carbocycles. The standard InChI is InChI=1S/C12H24N2O3/c1-9(2)8-14-12(16)10(3)13-7-5-6-11(15)17-4/h9-10,13H,5-8H2,1-4H3,(H,14,16). The Labute approximate surface area is 103 Å². The number of esters is 1. The molecule has 0 saturated carbocycles. The zero-order valence-corrected chi connectivity index (χ0v) is 11.2. The summed E-state index contributed by atoms with van der Waals surface area (Å²) in [6.45, 7) is 7.23. The minimum atomic E-state index is -0.230. The number of nitrogens with one attached hydrogen (secondary N) is 2. The van der Waals surface area contributed by atoms with Crippen molar-refractivity contribution in [2.75, 3.05) is 20.2 Å². The molecule has 0 rings (SSSR count). The number of methoxy groups -OCH3 is 1. The van der Waals surface area contributed by atoms with E-state index < -0.39 is 0 Å². The van der Waals surface area contributed by atoms with Crippen LogP contribution in [0.3, 0.4) is 0 Å². The maximum Gasteiger partial charge on any atom is 0.305 e. The quantitative estimate of drug-likeness (QED) is 0.487. The highest BCUT2D eigenvalue weighted by atomic mass is 16.5. The van der Waals surface area contributed by atoms with Gasteiger partial charge in [0.2, 0.25) is 5.91 Å². The largest absolute Gasteiger partial charge is 0.469 e. The van der Waals surface area contributed by atoms with E-state index in [2.05, 4.69) is 29.2 Å². The monoisotopic (exact) mass is 244 g/mol. The van der Waals surface area contributed by atoms with Crippen molar-refractivity contribution in [1.82, 2.24) is 10.6 Å². The van der Waals surface area contributed by atoms with E-state index in [4.69, 9.17) is 0 Å². The lowest BCUT2D eigenvalue weighted by Gasteiger charge is -2.14. The Balaban J connectivity index is 3.60. The molecule has 0 saturated heterocycles. The smallest absolute Gasteiger partial charge is 0.305 e. The van der Waals surface area contributed by atoms with Gasteiger partial charge in [-0.2, -0.15) is 0 Å². The molecule has 1 atom stereocenters. The van der Waals surface area contributed by atoms with Crippen molar-refractivity contribution >= 4 is 11.9 Å². The number of hydrogen-bond donors (Lipinski definition) is 2. The molecule has 0 aliphatic rings. The van der Waals surface area contributed by atoms with Crippen molar-refractivity contribution in [2.45, 2.75) is 39.7 Å². The summed E-state index contributed by atoms with van der Waals surface area (Å²) in [5, 5.41) is 5.92. The third-order valence-corrected chi connectivity index (χ3v) is 2.31. The van der Waals surface area contributed by atoms with Crippen LogP contribution >= 0.6 is 0 Å². The minimum absolute atomic E-state index is 0.00299. The zero-order valence-electron chi connectivity index (χ0n) is 11.2. The Hall–Kier alpha value is -1.10. The molecular weight excluding hydrogens is 220 g/mol. The van der Waals surface area contributed by atoms with E-state index >= 15 is 0 Å². The predicted molar refractivity (Wildman–Crippen MR) is 66.6 cm³/mol. The molecule has 1 unspecified atom stereocenters. The molecule has 5 nitrogen and oxygen atoms in total. The predicted octanol–water partition coefficient (Wildman–Crippen LogP) is 0.690. The number of amides is 1. The van der Waals surface area contributed by atoms with E-state index in [0.717, 1.165) is 0 Å². The van der Waals surface area contributed by atoms with Crippen molar-refractivity contribution < 1.29 is 14.3 Å². The fraction of sp³-hybridized carbons (Fsp3) is 0.833. The summed E-state index contributed by atoms with van der Waals surface area (Å²) in [6.07, 6.45) is 1.05. The molecule has 0 radical (unpaired) electrons. The first-order chi connectivity index (χ1) is 7.97. The lowest BCUT2D eigenvalue weighted by atomic mass is 10.2. The summed E-state index contributed by atoms with van der Waals surface area (Å²) < 4.78 is 4.52. The van der Waals surface area contributed by atoms with Gasteiger partial charge in [0.15, 0.2) is 0 Å². The van der Waals surface area contributed by atoms with Crippen LogP contribution in [-0.4, -0.2) is 38.1 Å². The van der Waals surface area contributed by atoms with Crippen LogP contribution in [-0.2, 0) is 14.3 Å². The van der Waals surface area contributed by atoms with Crippen molar-refractivity contribution in [3.63, 3.8) is 0 Å². The summed E-state index contributed by atoms with van der Waals surface area (Å²) in [5.41, 5.74) is 0. The molecule has 1 amide bonds. The molecule has 2 N–H and O–H groups in total. The van der Waals surface area contributed by atoms with Crippen LogP contribution in [0.25, 0.3) is 0 Å². The Bertz CT molecular complexity index is 242. The molecule has 0 aromatic heterocycles. The van der Waals surface area contributed by atoms with Gasteiger partial charge in [-0.25, -0.2) is 0 Å². The van der Waals surface area contributed by atoms with Gasteiger partial charge in [0.05, 0.1) is 13.2 Å². The molecule has 0 bridgehead atoms. The van der Waals surface area contributed by atoms with Gasteiger partial charge >= 0.3 is 5.97 Å². The molecule has 17 heavy (non-hydrogen) atoms. The second-order valence-corrected chi connectivity index (χ2v) is 4.49. The van der Waals surface area contributed by atoms with Gasteiger partial charge in [-0.15, -0.1) is 0 Å². The van der Waals surface area contributed by atoms with Crippen LogP contribution in [0, 0.1) is 5.92 Å². The first-order valence-electron chi connectivity index (χ1n) is 6.05. The molecule has 0 aliphatic heterocycles. The molecule has 0 spiro atoms. The normalized spacial score (nSPS) is 12.3. The highest BCUT2D eigenvalue weighted by Gasteiger charge is 2.11. The van der Waals surface area contributed by atoms with Crippen LogP contribution in [0.1, 0.15) is 33.6 Å². The second-order valence-electron chi connectivity index (χ2n) is 4.49. The lowest BCUT2D eigenvalue weighted by Crippen LogP contribution is -2.43. The molecular formula is C12H24N2O3. The van der Waals surface area contributed by atoms with Gasteiger partial charge in [-0.1, -0.05) is 13.8 Å². The summed E-state index contributed by atoms with van der Waals surface area (Å²) in [5.74, 6) is 0.228. The van der Waals surface area contributed by atoms with Crippen molar-refractivity contribution in [2.24, 2.45) is 5.92 Å². The van der Waals surface area contributed by atoms with Gasteiger partial charge in [0, 0.05) is 13.0 Å². The van der Waals surface area contributed by atoms with Crippen LogP contribution in [0.15, 0.2) is 0 Å². The summed E-state index contributed by atoms with van der Waals surface area (Å²) in [6, 6.07) is -0.230. The average molecular weight is 244 g/mol. The Morgan fingerprint density at radius 2 is 1.88 bits per heavy atom. The lowest BCUT2D eigenvalue weighted by molar-refractivity contribution is -0.140. The second kappa shape index (κ2) is 8.98. The minimum Gasteiger partial charge on any atom is -0.469 e. The van der Waals surface area contributed by atoms with Crippen LogP contribution in [0.4, 0.5) is 0 Å². The maximum atomic E-state index is 11.6. The SMILES string of the molecule is COC(=O)CCCNC(C)C(=O)NCC(C)C. The number of hydrogen-bond acceptors (Lipinski definition) is 4. The Morgan fingerprint density at radius 3 is 2.41 bits per heavy atom. The summed E-state index contributed by atoms with van der Waals surface area (Å²) in [4.78, 5) is 22.4. The fourth-order valence-electron chi connectivity index (χ4n) is 1.20. The van der Waals surface area contributed by atoms with Crippen molar-refractivity contribution in [1.29, 1.82) is 0 Å². The number of carbonyl (C=O) groups excluding carboxylic acids is 2. The number of carbonyl (C=O) groups is 2. The van der Waals surface area contributed by atoms with E-state index in [1.54, 1.807) is 0 Å². The topological polar surface area (TPSA) is 67.4 Å². The zero-order chi connectivity index (χ0) is 13.3. The van der Waals surface area contributed by atoms with E-state index in [1.807, 2.05) is 6.92 Å². The first-order valence-corrected chi connectivity index (χ1v) is 6.05. The molecule has 0 heterocycles. The van der Waals surface area contributed by atoms with Gasteiger partial charge in [-0.3, -0.25) is 9.59 Å². The highest BCUT2D eigenvalue weighted by molar-refractivity contribution is 5.81. The maximum absolute atomic E-state index is 11.6. The van der Waals surface area contributed by atoms with Crippen LogP contribution < -0.4 is 10.6 Å². The summed E-state index contributed by atoms with van der Waals surface area (Å²) in [7, 11) is 1.37. The third kappa shape index (κ3) is 8.68. The van der Waals surface area contributed by atoms with Crippen molar-refractivity contribution in [3.05, 3.63) is 0 Å². The van der Waals surface area contributed by atoms with E-state index in [0.29, 0.717) is 31.8 Å². The third-order valence-electron chi connectivity index (χ3n) is 2.31. The highest BCUT2D eigenvalue weighted by Crippen LogP contribution is 1.92. The van der Waals surface area contributed by atoms with Gasteiger partial charge in [-0.05, 0) is 25.8 Å². The molecule has 0 aromatic rings. The van der Waals surface area contributed by atoms with E-state index in [9.17, 15) is 9.59 Å². The van der Waals surface area contributed by atoms with Gasteiger partial charge < -0.3 is 15.4 Å². The Morgan fingerprint density at radius 1 is 1.24 bits per heavy atom.